The van der Waals surface area contributed by atoms with Crippen LogP contribution >= 0.6 is 0 Å². The molecule has 1 aliphatic heterocycles. The predicted octanol–water partition coefficient (Wildman–Crippen LogP) is 4.85. The molecule has 0 unspecified atom stereocenters. The van der Waals surface area contributed by atoms with Gasteiger partial charge in [0, 0.05) is 57.1 Å². The number of aromatic nitrogens is 1. The zero-order valence-electron chi connectivity index (χ0n) is 18.8. The second-order valence-electron chi connectivity index (χ2n) is 8.81. The molecule has 8 heteroatoms. The fraction of sp³-hybridized carbons (Fsp3) is 0.609. The van der Waals surface area contributed by atoms with Gasteiger partial charge in [0.2, 0.25) is 0 Å². The van der Waals surface area contributed by atoms with Crippen LogP contribution in [0.4, 0.5) is 18.9 Å². The summed E-state index contributed by atoms with van der Waals surface area (Å²) in [6.45, 7) is 14.2. The van der Waals surface area contributed by atoms with Crippen LogP contribution in [0.1, 0.15) is 50.6 Å². The average molecular weight is 439 g/mol. The molecule has 1 aliphatic rings. The summed E-state index contributed by atoms with van der Waals surface area (Å²) in [5.74, 6) is 1.23. The lowest BCUT2D eigenvalue weighted by atomic mass is 10.1. The average Bonchev–Trinajstić information content (AvgIpc) is 3.20. The maximum absolute atomic E-state index is 13.0. The molecule has 0 radical (unpaired) electrons. The second kappa shape index (κ2) is 10.0. The zero-order valence-corrected chi connectivity index (χ0v) is 18.8. The third-order valence-electron chi connectivity index (χ3n) is 5.87. The van der Waals surface area contributed by atoms with Gasteiger partial charge in [0.15, 0.2) is 5.76 Å². The molecule has 5 nitrogen and oxygen atoms in total. The van der Waals surface area contributed by atoms with E-state index in [4.69, 9.17) is 4.52 Å². The number of piperazine rings is 1. The fourth-order valence-electron chi connectivity index (χ4n) is 3.77. The highest BCUT2D eigenvalue weighted by atomic mass is 19.4. The van der Waals surface area contributed by atoms with Crippen molar-refractivity contribution in [2.75, 3.05) is 44.2 Å². The highest BCUT2D eigenvalue weighted by Gasteiger charge is 2.31. The molecular weight excluding hydrogens is 405 g/mol. The lowest BCUT2D eigenvalue weighted by molar-refractivity contribution is -0.137. The first-order valence-corrected chi connectivity index (χ1v) is 11.0. The van der Waals surface area contributed by atoms with Crippen molar-refractivity contribution in [2.45, 2.75) is 52.4 Å². The molecule has 2 aromatic rings. The fourth-order valence-corrected chi connectivity index (χ4v) is 3.77. The Kier molecular flexibility index (Phi) is 7.64. The van der Waals surface area contributed by atoms with Crippen LogP contribution in [0.2, 0.25) is 0 Å². The highest BCUT2D eigenvalue weighted by Crippen LogP contribution is 2.31. The Morgan fingerprint density at radius 3 is 2.35 bits per heavy atom. The first-order valence-electron chi connectivity index (χ1n) is 11.0. The Hall–Kier alpha value is -2.06. The van der Waals surface area contributed by atoms with Crippen LogP contribution in [0.5, 0.6) is 0 Å². The van der Waals surface area contributed by atoms with Crippen LogP contribution in [-0.2, 0) is 12.7 Å². The van der Waals surface area contributed by atoms with Crippen molar-refractivity contribution in [3.05, 3.63) is 47.3 Å². The van der Waals surface area contributed by atoms with E-state index < -0.39 is 11.7 Å². The molecule has 1 saturated heterocycles. The number of halogens is 3. The molecule has 0 atom stereocenters. The normalized spacial score (nSPS) is 16.1. The maximum atomic E-state index is 13.0. The van der Waals surface area contributed by atoms with Gasteiger partial charge in [0.05, 0.1) is 17.8 Å². The first-order chi connectivity index (χ1) is 14.6. The minimum Gasteiger partial charge on any atom is -0.369 e. The molecule has 172 valence electrons. The van der Waals surface area contributed by atoms with Crippen LogP contribution in [-0.4, -0.2) is 60.3 Å². The standard InChI is InChI=1S/C23H33F3N4O/c1-17(2)22-15-21(31-27-22)16-30(18(3)4)13-10-28-8-11-29(12-9-28)20-7-5-6-19(14-20)23(24,25)26/h5-7,14-15,17-18H,8-13,16H2,1-4H3. The van der Waals surface area contributed by atoms with E-state index >= 15 is 0 Å². The van der Waals surface area contributed by atoms with E-state index in [9.17, 15) is 13.2 Å². The summed E-state index contributed by atoms with van der Waals surface area (Å²) < 4.78 is 44.5. The molecule has 3 rings (SSSR count). The number of benzene rings is 1. The highest BCUT2D eigenvalue weighted by molar-refractivity contribution is 5.49. The summed E-state index contributed by atoms with van der Waals surface area (Å²) >= 11 is 0. The van der Waals surface area contributed by atoms with Gasteiger partial charge < -0.3 is 9.42 Å². The molecule has 1 aromatic carbocycles. The molecule has 0 saturated carbocycles. The monoisotopic (exact) mass is 438 g/mol. The number of nitrogens with zero attached hydrogens (tertiary/aromatic N) is 4. The maximum Gasteiger partial charge on any atom is 0.416 e. The Balaban J connectivity index is 1.50. The van der Waals surface area contributed by atoms with E-state index in [1.807, 2.05) is 11.0 Å². The van der Waals surface area contributed by atoms with Gasteiger partial charge in [0.1, 0.15) is 0 Å². The van der Waals surface area contributed by atoms with Gasteiger partial charge in [-0.15, -0.1) is 0 Å². The quantitative estimate of drug-likeness (QED) is 0.589. The Morgan fingerprint density at radius 2 is 1.77 bits per heavy atom. The molecule has 0 bridgehead atoms. The Labute approximate surface area is 182 Å². The largest absolute Gasteiger partial charge is 0.416 e. The summed E-state index contributed by atoms with van der Waals surface area (Å²) in [6.07, 6.45) is -4.31. The van der Waals surface area contributed by atoms with E-state index in [0.29, 0.717) is 17.6 Å². The van der Waals surface area contributed by atoms with Crippen LogP contribution < -0.4 is 4.90 Å². The van der Waals surface area contributed by atoms with E-state index in [0.717, 1.165) is 63.3 Å². The Morgan fingerprint density at radius 1 is 1.06 bits per heavy atom. The summed E-state index contributed by atoms with van der Waals surface area (Å²) in [4.78, 5) is 6.77. The van der Waals surface area contributed by atoms with E-state index in [1.54, 1.807) is 6.07 Å². The van der Waals surface area contributed by atoms with Crippen molar-refractivity contribution in [1.82, 2.24) is 15.0 Å². The lowest BCUT2D eigenvalue weighted by Crippen LogP contribution is -2.49. The van der Waals surface area contributed by atoms with Crippen molar-refractivity contribution in [1.29, 1.82) is 0 Å². The topological polar surface area (TPSA) is 35.8 Å². The number of hydrogen-bond donors (Lipinski definition) is 0. The van der Waals surface area contributed by atoms with Crippen molar-refractivity contribution in [2.24, 2.45) is 0 Å². The molecule has 0 spiro atoms. The minimum atomic E-state index is -4.31. The summed E-state index contributed by atoms with van der Waals surface area (Å²) in [5, 5.41) is 4.15. The van der Waals surface area contributed by atoms with Crippen LogP contribution in [0.15, 0.2) is 34.9 Å². The summed E-state index contributed by atoms with van der Waals surface area (Å²) in [6, 6.07) is 8.03. The van der Waals surface area contributed by atoms with E-state index in [1.165, 1.54) is 12.1 Å². The van der Waals surface area contributed by atoms with Gasteiger partial charge in [-0.3, -0.25) is 9.80 Å². The number of alkyl halides is 3. The molecule has 1 aromatic heterocycles. The molecule has 1 fully saturated rings. The van der Waals surface area contributed by atoms with E-state index in [2.05, 4.69) is 42.7 Å². The molecule has 0 amide bonds. The van der Waals surface area contributed by atoms with Gasteiger partial charge in [0.25, 0.3) is 0 Å². The molecule has 0 N–H and O–H groups in total. The third-order valence-corrected chi connectivity index (χ3v) is 5.87. The zero-order chi connectivity index (χ0) is 22.6. The first kappa shape index (κ1) is 23.6. The van der Waals surface area contributed by atoms with Crippen molar-refractivity contribution >= 4 is 5.69 Å². The van der Waals surface area contributed by atoms with Gasteiger partial charge in [-0.2, -0.15) is 13.2 Å². The molecular formula is C23H33F3N4O. The van der Waals surface area contributed by atoms with Crippen molar-refractivity contribution in [3.8, 4) is 0 Å². The number of hydrogen-bond acceptors (Lipinski definition) is 5. The third kappa shape index (κ3) is 6.46. The van der Waals surface area contributed by atoms with Crippen molar-refractivity contribution < 1.29 is 17.7 Å². The molecule has 2 heterocycles. The minimum absolute atomic E-state index is 0.345. The van der Waals surface area contributed by atoms with Crippen molar-refractivity contribution in [3.63, 3.8) is 0 Å². The van der Waals surface area contributed by atoms with Crippen LogP contribution in [0.3, 0.4) is 0 Å². The number of anilines is 1. The Bertz CT molecular complexity index is 826. The number of rotatable bonds is 8. The van der Waals surface area contributed by atoms with Gasteiger partial charge in [-0.25, -0.2) is 0 Å². The van der Waals surface area contributed by atoms with Gasteiger partial charge in [-0.05, 0) is 38.0 Å². The SMILES string of the molecule is CC(C)c1cc(CN(CCN2CCN(c3cccc(C(F)(F)F)c3)CC2)C(C)C)on1. The summed E-state index contributed by atoms with van der Waals surface area (Å²) in [5.41, 5.74) is 1.03. The summed E-state index contributed by atoms with van der Waals surface area (Å²) in [7, 11) is 0. The van der Waals surface area contributed by atoms with Crippen LogP contribution in [0, 0.1) is 0 Å². The van der Waals surface area contributed by atoms with Gasteiger partial charge in [-0.1, -0.05) is 25.1 Å². The second-order valence-corrected chi connectivity index (χ2v) is 8.81. The van der Waals surface area contributed by atoms with Gasteiger partial charge >= 0.3 is 6.18 Å². The molecule has 0 aliphatic carbocycles. The predicted molar refractivity (Wildman–Crippen MR) is 116 cm³/mol. The van der Waals surface area contributed by atoms with Crippen LogP contribution in [0.25, 0.3) is 0 Å². The lowest BCUT2D eigenvalue weighted by Gasteiger charge is -2.37. The smallest absolute Gasteiger partial charge is 0.369 e. The van der Waals surface area contributed by atoms with E-state index in [-0.39, 0.29) is 0 Å². The molecule has 31 heavy (non-hydrogen) atoms.